The lowest BCUT2D eigenvalue weighted by Crippen LogP contribution is -2.14. The van der Waals surface area contributed by atoms with Crippen molar-refractivity contribution in [2.75, 3.05) is 0 Å². The molecule has 0 bridgehead atoms. The molecule has 0 radical (unpaired) electrons. The molecule has 3 rings (SSSR count). The highest BCUT2D eigenvalue weighted by atomic mass is 35.5. The Hall–Kier alpha value is -2.93. The van der Waals surface area contributed by atoms with E-state index in [0.717, 1.165) is 34.3 Å². The summed E-state index contributed by atoms with van der Waals surface area (Å²) < 4.78 is 65.1. The molecule has 0 spiro atoms. The van der Waals surface area contributed by atoms with Crippen LogP contribution in [0, 0.1) is 17.1 Å². The monoisotopic (exact) mass is 450 g/mol. The lowest BCUT2D eigenvalue weighted by Gasteiger charge is -2.09. The van der Waals surface area contributed by atoms with E-state index in [1.807, 2.05) is 0 Å². The zero-order valence-corrected chi connectivity index (χ0v) is 16.9. The highest BCUT2D eigenvalue weighted by Crippen LogP contribution is 2.24. The van der Waals surface area contributed by atoms with Crippen LogP contribution in [0.25, 0.3) is 6.08 Å². The Kier molecular flexibility index (Phi) is 5.61. The zero-order chi connectivity index (χ0) is 21.2. The Bertz CT molecular complexity index is 1350. The average molecular weight is 451 g/mol. The van der Waals surface area contributed by atoms with Crippen molar-refractivity contribution in [2.24, 2.45) is 0 Å². The predicted molar refractivity (Wildman–Crippen MR) is 106 cm³/mol. The van der Waals surface area contributed by atoms with E-state index in [9.17, 15) is 26.5 Å². The van der Waals surface area contributed by atoms with Crippen molar-refractivity contribution >= 4 is 37.5 Å². The van der Waals surface area contributed by atoms with Gasteiger partial charge in [-0.05, 0) is 60.7 Å². The first-order valence-electron chi connectivity index (χ1n) is 7.97. The SMILES string of the molecule is N#C/C(=C\c1cccn1S(=O)(=O)c1cccc(Cl)c1)S(=O)(=O)c1ccc(F)cc1. The first-order chi connectivity index (χ1) is 13.7. The molecule has 0 saturated heterocycles. The van der Waals surface area contributed by atoms with Crippen molar-refractivity contribution in [3.8, 4) is 6.07 Å². The van der Waals surface area contributed by atoms with Crippen molar-refractivity contribution < 1.29 is 21.2 Å². The van der Waals surface area contributed by atoms with E-state index < -0.39 is 30.6 Å². The van der Waals surface area contributed by atoms with E-state index >= 15 is 0 Å². The second kappa shape index (κ2) is 7.83. The van der Waals surface area contributed by atoms with Crippen molar-refractivity contribution in [3.05, 3.63) is 88.3 Å². The molecular weight excluding hydrogens is 439 g/mol. The van der Waals surface area contributed by atoms with Gasteiger partial charge in [-0.15, -0.1) is 0 Å². The van der Waals surface area contributed by atoms with Crippen molar-refractivity contribution in [1.82, 2.24) is 3.97 Å². The highest BCUT2D eigenvalue weighted by Gasteiger charge is 2.24. The van der Waals surface area contributed by atoms with Gasteiger partial charge in [0.2, 0.25) is 9.84 Å². The summed E-state index contributed by atoms with van der Waals surface area (Å²) in [6, 6.07) is 13.8. The Morgan fingerprint density at radius 1 is 1.00 bits per heavy atom. The fraction of sp³-hybridized carbons (Fsp3) is 0. The molecule has 0 aliphatic rings. The molecule has 148 valence electrons. The van der Waals surface area contributed by atoms with Gasteiger partial charge in [0.15, 0.2) is 4.91 Å². The van der Waals surface area contributed by atoms with Crippen LogP contribution >= 0.6 is 11.6 Å². The molecule has 0 aliphatic carbocycles. The van der Waals surface area contributed by atoms with Crippen LogP contribution in [-0.4, -0.2) is 20.8 Å². The number of hydrogen-bond acceptors (Lipinski definition) is 5. The molecule has 0 fully saturated rings. The predicted octanol–water partition coefficient (Wildman–Crippen LogP) is 3.86. The van der Waals surface area contributed by atoms with Crippen LogP contribution < -0.4 is 0 Å². The summed E-state index contributed by atoms with van der Waals surface area (Å²) in [5, 5.41) is 9.59. The van der Waals surface area contributed by atoms with Crippen LogP contribution in [0.15, 0.2) is 81.6 Å². The largest absolute Gasteiger partial charge is 0.268 e. The number of hydrogen-bond donors (Lipinski definition) is 0. The zero-order valence-electron chi connectivity index (χ0n) is 14.5. The van der Waals surface area contributed by atoms with Crippen LogP contribution in [0.5, 0.6) is 0 Å². The number of nitrogens with zero attached hydrogens (tertiary/aromatic N) is 2. The van der Waals surface area contributed by atoms with Crippen molar-refractivity contribution in [1.29, 1.82) is 5.26 Å². The molecule has 0 saturated carbocycles. The third-order valence-electron chi connectivity index (χ3n) is 3.90. The second-order valence-corrected chi connectivity index (χ2v) is 9.94. The molecule has 3 aromatic rings. The fourth-order valence-electron chi connectivity index (χ4n) is 2.50. The summed E-state index contributed by atoms with van der Waals surface area (Å²) in [4.78, 5) is -1.08. The van der Waals surface area contributed by atoms with E-state index in [0.29, 0.717) is 0 Å². The normalized spacial score (nSPS) is 12.5. The summed E-state index contributed by atoms with van der Waals surface area (Å²) in [6.45, 7) is 0. The van der Waals surface area contributed by atoms with Gasteiger partial charge in [-0.3, -0.25) is 0 Å². The van der Waals surface area contributed by atoms with E-state index in [-0.39, 0.29) is 20.5 Å². The number of aromatic nitrogens is 1. The summed E-state index contributed by atoms with van der Waals surface area (Å²) >= 11 is 5.86. The molecule has 0 atom stereocenters. The minimum Gasteiger partial charge on any atom is -0.242 e. The molecule has 10 heteroatoms. The summed E-state index contributed by atoms with van der Waals surface area (Å²) in [7, 11) is -8.36. The third kappa shape index (κ3) is 4.10. The Balaban J connectivity index is 2.11. The number of nitriles is 1. The van der Waals surface area contributed by atoms with Crippen LogP contribution in [0.4, 0.5) is 4.39 Å². The molecule has 1 aromatic heterocycles. The number of rotatable bonds is 5. The molecule has 29 heavy (non-hydrogen) atoms. The van der Waals surface area contributed by atoms with Crippen LogP contribution in [0.2, 0.25) is 5.02 Å². The van der Waals surface area contributed by atoms with Crippen LogP contribution in [0.1, 0.15) is 5.69 Å². The van der Waals surface area contributed by atoms with Gasteiger partial charge in [0.1, 0.15) is 11.9 Å². The number of sulfone groups is 1. The van der Waals surface area contributed by atoms with Crippen molar-refractivity contribution in [2.45, 2.75) is 9.79 Å². The van der Waals surface area contributed by atoms with Gasteiger partial charge in [0.05, 0.1) is 15.5 Å². The maximum Gasteiger partial charge on any atom is 0.268 e. The molecule has 6 nitrogen and oxygen atoms in total. The van der Waals surface area contributed by atoms with E-state index in [1.54, 1.807) is 6.07 Å². The molecule has 0 amide bonds. The molecule has 0 aliphatic heterocycles. The van der Waals surface area contributed by atoms with Crippen LogP contribution in [-0.2, 0) is 19.9 Å². The second-order valence-electron chi connectivity index (χ2n) is 5.77. The lowest BCUT2D eigenvalue weighted by atomic mass is 10.3. The molecule has 2 aromatic carbocycles. The van der Waals surface area contributed by atoms with E-state index in [2.05, 4.69) is 0 Å². The maximum atomic E-state index is 13.1. The summed E-state index contributed by atoms with van der Waals surface area (Å²) in [5.74, 6) is -0.632. The van der Waals surface area contributed by atoms with E-state index in [4.69, 9.17) is 11.6 Å². The molecule has 0 unspecified atom stereocenters. The third-order valence-corrected chi connectivity index (χ3v) is 7.51. The van der Waals surface area contributed by atoms with Gasteiger partial charge in [0, 0.05) is 11.2 Å². The fourth-order valence-corrected chi connectivity index (χ4v) is 5.27. The number of halogens is 2. The topological polar surface area (TPSA) is 97.0 Å². The first-order valence-corrected chi connectivity index (χ1v) is 11.3. The number of benzene rings is 2. The Labute approximate surface area is 172 Å². The first kappa shape index (κ1) is 20.8. The molecule has 1 heterocycles. The van der Waals surface area contributed by atoms with Gasteiger partial charge < -0.3 is 0 Å². The number of allylic oxidation sites excluding steroid dienone is 1. The van der Waals surface area contributed by atoms with E-state index in [1.165, 1.54) is 42.6 Å². The quantitative estimate of drug-likeness (QED) is 0.434. The maximum absolute atomic E-state index is 13.1. The van der Waals surface area contributed by atoms with Crippen molar-refractivity contribution in [3.63, 3.8) is 0 Å². The molecule has 0 N–H and O–H groups in total. The van der Waals surface area contributed by atoms with Gasteiger partial charge in [-0.25, -0.2) is 25.2 Å². The Morgan fingerprint density at radius 2 is 1.69 bits per heavy atom. The average Bonchev–Trinajstić information content (AvgIpc) is 3.15. The van der Waals surface area contributed by atoms with Gasteiger partial charge in [-0.2, -0.15) is 5.26 Å². The lowest BCUT2D eigenvalue weighted by molar-refractivity contribution is 0.587. The smallest absolute Gasteiger partial charge is 0.242 e. The Morgan fingerprint density at radius 3 is 2.31 bits per heavy atom. The minimum atomic E-state index is -4.27. The molecular formula is C19H12ClFN2O4S2. The standard InChI is InChI=1S/C19H12ClFN2O4S2/c20-14-3-1-5-18(11-14)29(26,27)23-10-2-4-16(23)12-19(13-22)28(24,25)17-8-6-15(21)7-9-17/h1-12H/b19-12+. The van der Waals surface area contributed by atoms with Crippen LogP contribution in [0.3, 0.4) is 0 Å². The minimum absolute atomic E-state index is 0.0489. The summed E-state index contributed by atoms with van der Waals surface area (Å²) in [6.07, 6.45) is 2.17. The summed E-state index contributed by atoms with van der Waals surface area (Å²) in [5.41, 5.74) is -0.0489. The highest BCUT2D eigenvalue weighted by molar-refractivity contribution is 7.95. The van der Waals surface area contributed by atoms with Gasteiger partial charge in [0.25, 0.3) is 10.0 Å². The van der Waals surface area contributed by atoms with Gasteiger partial charge in [-0.1, -0.05) is 17.7 Å². The van der Waals surface area contributed by atoms with Gasteiger partial charge >= 0.3 is 0 Å².